The largest absolute Gasteiger partial charge is 0.444 e. The van der Waals surface area contributed by atoms with Gasteiger partial charge in [0, 0.05) is 44.8 Å². The maximum Gasteiger partial charge on any atom is 0.407 e. The molecule has 1 aliphatic heterocycles. The van der Waals surface area contributed by atoms with E-state index in [0.29, 0.717) is 44.8 Å². The second-order valence-electron chi connectivity index (χ2n) is 8.45. The number of carbonyl (C=O) groups excluding carboxylic acids is 2. The van der Waals surface area contributed by atoms with Gasteiger partial charge in [-0.15, -0.1) is 0 Å². The van der Waals surface area contributed by atoms with Crippen LogP contribution in [-0.4, -0.2) is 74.5 Å². The monoisotopic (exact) mass is 454 g/mol. The summed E-state index contributed by atoms with van der Waals surface area (Å²) in [6.07, 6.45) is 0.0989. The highest BCUT2D eigenvalue weighted by Crippen LogP contribution is 2.21. The van der Waals surface area contributed by atoms with Crippen molar-refractivity contribution in [3.63, 3.8) is 0 Å². The number of hydrogen-bond acceptors (Lipinski definition) is 6. The molecule has 1 aromatic carbocycles. The third-order valence-electron chi connectivity index (χ3n) is 4.78. The van der Waals surface area contributed by atoms with E-state index in [1.54, 1.807) is 39.0 Å². The van der Waals surface area contributed by atoms with Crippen molar-refractivity contribution in [2.24, 2.45) is 0 Å². The molecule has 31 heavy (non-hydrogen) atoms. The smallest absolute Gasteiger partial charge is 0.407 e. The summed E-state index contributed by atoms with van der Waals surface area (Å²) in [6.45, 7) is 10.9. The first-order chi connectivity index (χ1) is 14.5. The van der Waals surface area contributed by atoms with Crippen LogP contribution in [0.25, 0.3) is 0 Å². The van der Waals surface area contributed by atoms with Crippen LogP contribution in [-0.2, 0) is 19.6 Å². The van der Waals surface area contributed by atoms with E-state index in [2.05, 4.69) is 22.5 Å². The van der Waals surface area contributed by atoms with Crippen LogP contribution < -0.4 is 10.6 Å². The lowest BCUT2D eigenvalue weighted by molar-refractivity contribution is -0.116. The minimum atomic E-state index is -3.60. The van der Waals surface area contributed by atoms with Gasteiger partial charge >= 0.3 is 6.09 Å². The van der Waals surface area contributed by atoms with Crippen molar-refractivity contribution in [2.75, 3.05) is 44.6 Å². The molecule has 0 radical (unpaired) electrons. The van der Waals surface area contributed by atoms with Gasteiger partial charge in [0.15, 0.2) is 0 Å². The number of sulfonamides is 1. The van der Waals surface area contributed by atoms with Gasteiger partial charge in [-0.1, -0.05) is 13.0 Å². The Labute approximate surface area is 185 Å². The molecule has 0 atom stereocenters. The lowest BCUT2D eigenvalue weighted by atomic mass is 10.2. The molecule has 1 heterocycles. The fourth-order valence-corrected chi connectivity index (χ4v) is 4.62. The number of rotatable bonds is 8. The Morgan fingerprint density at radius 2 is 1.81 bits per heavy atom. The first kappa shape index (κ1) is 25.1. The predicted molar refractivity (Wildman–Crippen MR) is 119 cm³/mol. The SMILES string of the molecule is CCN1CCN(S(=O)(=O)c2cccc(NC(=O)CCCNC(=O)OC(C)(C)C)c2)CC1. The van der Waals surface area contributed by atoms with Crippen molar-refractivity contribution in [1.82, 2.24) is 14.5 Å². The van der Waals surface area contributed by atoms with Crippen LogP contribution in [0.5, 0.6) is 0 Å². The molecule has 10 heteroatoms. The molecule has 0 bridgehead atoms. The number of hydrogen-bond donors (Lipinski definition) is 2. The van der Waals surface area contributed by atoms with Crippen molar-refractivity contribution in [3.05, 3.63) is 24.3 Å². The molecule has 2 N–H and O–H groups in total. The van der Waals surface area contributed by atoms with Gasteiger partial charge in [-0.2, -0.15) is 4.31 Å². The van der Waals surface area contributed by atoms with Gasteiger partial charge in [-0.05, 0) is 51.9 Å². The number of carbonyl (C=O) groups is 2. The van der Waals surface area contributed by atoms with Crippen LogP contribution in [0.4, 0.5) is 10.5 Å². The number of likely N-dealkylation sites (N-methyl/N-ethyl adjacent to an activating group) is 1. The van der Waals surface area contributed by atoms with Gasteiger partial charge in [0.25, 0.3) is 0 Å². The standard InChI is InChI=1S/C21H34N4O5S/c1-5-24-12-14-25(15-13-24)31(28,29)18-9-6-8-17(16-18)23-19(26)10-7-11-22-20(27)30-21(2,3)4/h6,8-9,16H,5,7,10-15H2,1-4H3,(H,22,27)(H,23,26). The maximum atomic E-state index is 12.9. The Balaban J connectivity index is 1.85. The predicted octanol–water partition coefficient (Wildman–Crippen LogP) is 2.26. The summed E-state index contributed by atoms with van der Waals surface area (Å²) in [6, 6.07) is 6.31. The maximum absolute atomic E-state index is 12.9. The third kappa shape index (κ3) is 8.12. The van der Waals surface area contributed by atoms with Gasteiger partial charge in [0.2, 0.25) is 15.9 Å². The fourth-order valence-electron chi connectivity index (χ4n) is 3.15. The van der Waals surface area contributed by atoms with E-state index in [1.807, 2.05) is 0 Å². The normalized spacial score (nSPS) is 16.0. The topological polar surface area (TPSA) is 108 Å². The third-order valence-corrected chi connectivity index (χ3v) is 6.68. The second kappa shape index (κ2) is 10.9. The van der Waals surface area contributed by atoms with Crippen molar-refractivity contribution < 1.29 is 22.7 Å². The molecule has 1 fully saturated rings. The molecule has 0 spiro atoms. The summed E-state index contributed by atoms with van der Waals surface area (Å²) >= 11 is 0. The Bertz CT molecular complexity index is 859. The van der Waals surface area contributed by atoms with Crippen LogP contribution in [0.15, 0.2) is 29.2 Å². The second-order valence-corrected chi connectivity index (χ2v) is 10.4. The molecule has 174 valence electrons. The Morgan fingerprint density at radius 1 is 1.13 bits per heavy atom. The van der Waals surface area contributed by atoms with Crippen LogP contribution in [0.2, 0.25) is 0 Å². The van der Waals surface area contributed by atoms with E-state index >= 15 is 0 Å². The number of nitrogens with zero attached hydrogens (tertiary/aromatic N) is 2. The van der Waals surface area contributed by atoms with Gasteiger partial charge in [-0.25, -0.2) is 13.2 Å². The number of anilines is 1. The van der Waals surface area contributed by atoms with Crippen LogP contribution in [0.3, 0.4) is 0 Å². The fraction of sp³-hybridized carbons (Fsp3) is 0.619. The number of amides is 2. The molecular weight excluding hydrogens is 420 g/mol. The van der Waals surface area contributed by atoms with Crippen molar-refractivity contribution in [2.45, 2.75) is 51.0 Å². The molecule has 9 nitrogen and oxygen atoms in total. The minimum absolute atomic E-state index is 0.168. The zero-order valence-electron chi connectivity index (χ0n) is 18.8. The first-order valence-corrected chi connectivity index (χ1v) is 12.0. The van der Waals surface area contributed by atoms with Gasteiger partial charge in [0.1, 0.15) is 5.60 Å². The summed E-state index contributed by atoms with van der Waals surface area (Å²) < 4.78 is 32.5. The molecule has 0 aliphatic carbocycles. The van der Waals surface area contributed by atoms with Crippen LogP contribution in [0.1, 0.15) is 40.5 Å². The highest BCUT2D eigenvalue weighted by atomic mass is 32.2. The summed E-state index contributed by atoms with van der Waals surface area (Å²) in [5.41, 5.74) is -0.144. The molecule has 0 saturated carbocycles. The first-order valence-electron chi connectivity index (χ1n) is 10.6. The lowest BCUT2D eigenvalue weighted by Gasteiger charge is -2.33. The van der Waals surface area contributed by atoms with E-state index in [1.165, 1.54) is 10.4 Å². The number of ether oxygens (including phenoxy) is 1. The van der Waals surface area contributed by atoms with E-state index < -0.39 is 21.7 Å². The van der Waals surface area contributed by atoms with E-state index in [9.17, 15) is 18.0 Å². The molecule has 0 unspecified atom stereocenters. The summed E-state index contributed by atoms with van der Waals surface area (Å²) in [4.78, 5) is 26.2. The van der Waals surface area contributed by atoms with Gasteiger partial charge < -0.3 is 20.3 Å². The van der Waals surface area contributed by atoms with Crippen molar-refractivity contribution in [3.8, 4) is 0 Å². The molecule has 1 aromatic rings. The molecular formula is C21H34N4O5S. The molecule has 1 aliphatic rings. The van der Waals surface area contributed by atoms with Crippen molar-refractivity contribution in [1.29, 1.82) is 0 Å². The molecule has 2 amide bonds. The summed E-state index contributed by atoms with van der Waals surface area (Å²) in [5, 5.41) is 5.33. The van der Waals surface area contributed by atoms with E-state index in [4.69, 9.17) is 4.74 Å². The molecule has 1 saturated heterocycles. The van der Waals surface area contributed by atoms with Crippen LogP contribution in [0, 0.1) is 0 Å². The van der Waals surface area contributed by atoms with Crippen molar-refractivity contribution >= 4 is 27.7 Å². The number of piperazine rings is 1. The molecule has 0 aromatic heterocycles. The lowest BCUT2D eigenvalue weighted by Crippen LogP contribution is -2.48. The van der Waals surface area contributed by atoms with Gasteiger partial charge in [0.05, 0.1) is 4.90 Å². The Morgan fingerprint density at radius 3 is 2.42 bits per heavy atom. The van der Waals surface area contributed by atoms with E-state index in [-0.39, 0.29) is 17.2 Å². The minimum Gasteiger partial charge on any atom is -0.444 e. The summed E-state index contributed by atoms with van der Waals surface area (Å²) in [7, 11) is -3.60. The Hall–Kier alpha value is -2.17. The average molecular weight is 455 g/mol. The summed E-state index contributed by atoms with van der Waals surface area (Å²) in [5.74, 6) is -0.253. The highest BCUT2D eigenvalue weighted by Gasteiger charge is 2.28. The Kier molecular flexibility index (Phi) is 8.84. The van der Waals surface area contributed by atoms with Crippen LogP contribution >= 0.6 is 0 Å². The number of benzene rings is 1. The number of nitrogens with one attached hydrogen (secondary N) is 2. The quantitative estimate of drug-likeness (QED) is 0.584. The molecule has 2 rings (SSSR count). The average Bonchev–Trinajstić information content (AvgIpc) is 2.70. The highest BCUT2D eigenvalue weighted by molar-refractivity contribution is 7.89. The zero-order valence-corrected chi connectivity index (χ0v) is 19.6. The van der Waals surface area contributed by atoms with E-state index in [0.717, 1.165) is 6.54 Å². The zero-order chi connectivity index (χ0) is 23.1. The number of alkyl carbamates (subject to hydrolysis) is 1. The van der Waals surface area contributed by atoms with Gasteiger partial charge in [-0.3, -0.25) is 4.79 Å².